The number of carbonyl (C=O) groups is 2. The second kappa shape index (κ2) is 10.5. The van der Waals surface area contributed by atoms with Gasteiger partial charge in [0.25, 0.3) is 5.91 Å². The van der Waals surface area contributed by atoms with Gasteiger partial charge in [0.15, 0.2) is 0 Å². The molecule has 172 valence electrons. The number of carbonyl (C=O) groups excluding carboxylic acids is 2. The summed E-state index contributed by atoms with van der Waals surface area (Å²) in [4.78, 5) is 30.6. The fraction of sp³-hybridized carbons (Fsp3) is 0.391. The van der Waals surface area contributed by atoms with Gasteiger partial charge in [-0.15, -0.1) is 0 Å². The largest absolute Gasteiger partial charge is 0.434 e. The molecule has 1 heterocycles. The van der Waals surface area contributed by atoms with Crippen LogP contribution in [0, 0.1) is 5.82 Å². The van der Waals surface area contributed by atoms with Crippen molar-refractivity contribution in [2.24, 2.45) is 0 Å². The van der Waals surface area contributed by atoms with Crippen LogP contribution in [0.5, 0.6) is 5.75 Å². The van der Waals surface area contributed by atoms with Gasteiger partial charge in [-0.05, 0) is 36.8 Å². The first-order valence-electron chi connectivity index (χ1n) is 10.3. The van der Waals surface area contributed by atoms with E-state index in [0.717, 1.165) is 5.56 Å². The average molecular weight is 449 g/mol. The third-order valence-corrected chi connectivity index (χ3v) is 5.68. The smallest absolute Gasteiger partial charge is 0.387 e. The topological polar surface area (TPSA) is 53.1 Å². The Kier molecular flexibility index (Phi) is 7.74. The van der Waals surface area contributed by atoms with E-state index in [2.05, 4.69) is 4.74 Å². The van der Waals surface area contributed by atoms with Crippen molar-refractivity contribution < 1.29 is 27.5 Å². The van der Waals surface area contributed by atoms with E-state index in [4.69, 9.17) is 0 Å². The molecule has 0 saturated carbocycles. The van der Waals surface area contributed by atoms with Crippen LogP contribution in [-0.4, -0.2) is 72.9 Å². The van der Waals surface area contributed by atoms with Crippen molar-refractivity contribution in [2.45, 2.75) is 19.6 Å². The van der Waals surface area contributed by atoms with Crippen LogP contribution in [0.1, 0.15) is 28.9 Å². The lowest BCUT2D eigenvalue weighted by molar-refractivity contribution is -0.133. The zero-order chi connectivity index (χ0) is 23.3. The number of likely N-dealkylation sites (N-methyl/N-ethyl adjacent to an activating group) is 1. The number of amides is 2. The molecule has 1 aliphatic heterocycles. The standard InChI is InChI=1S/C23H26F3N3O3/c1-16(17-7-9-18(24)10-8-17)27(2)21(30)15-28-11-13-29(14-12-28)22(31)19-5-3-4-6-20(19)32-23(25)26/h3-10,16,23H,11-15H2,1-2H3. The predicted octanol–water partition coefficient (Wildman–Crippen LogP) is 3.40. The quantitative estimate of drug-likeness (QED) is 0.650. The molecule has 2 aromatic rings. The van der Waals surface area contributed by atoms with E-state index in [9.17, 15) is 22.8 Å². The summed E-state index contributed by atoms with van der Waals surface area (Å²) in [6, 6.07) is 11.8. The molecular formula is C23H26F3N3O3. The lowest BCUT2D eigenvalue weighted by Crippen LogP contribution is -2.51. The maximum Gasteiger partial charge on any atom is 0.387 e. The van der Waals surface area contributed by atoms with Crippen LogP contribution in [-0.2, 0) is 4.79 Å². The van der Waals surface area contributed by atoms with Crippen LogP contribution in [0.3, 0.4) is 0 Å². The van der Waals surface area contributed by atoms with Crippen molar-refractivity contribution in [1.29, 1.82) is 0 Å². The molecule has 9 heteroatoms. The summed E-state index contributed by atoms with van der Waals surface area (Å²) >= 11 is 0. The number of hydrogen-bond acceptors (Lipinski definition) is 4. The Morgan fingerprint density at radius 3 is 2.28 bits per heavy atom. The number of nitrogens with zero attached hydrogens (tertiary/aromatic N) is 3. The first-order chi connectivity index (χ1) is 15.3. The van der Waals surface area contributed by atoms with Gasteiger partial charge in [-0.2, -0.15) is 8.78 Å². The molecule has 2 amide bonds. The van der Waals surface area contributed by atoms with Crippen LogP contribution in [0.15, 0.2) is 48.5 Å². The van der Waals surface area contributed by atoms with Gasteiger partial charge < -0.3 is 14.5 Å². The Morgan fingerprint density at radius 1 is 1.03 bits per heavy atom. The number of hydrogen-bond donors (Lipinski definition) is 0. The normalized spacial score (nSPS) is 15.5. The summed E-state index contributed by atoms with van der Waals surface area (Å²) < 4.78 is 42.8. The van der Waals surface area contributed by atoms with Crippen LogP contribution >= 0.6 is 0 Å². The van der Waals surface area contributed by atoms with E-state index in [1.807, 2.05) is 11.8 Å². The summed E-state index contributed by atoms with van der Waals surface area (Å²) in [5.41, 5.74) is 0.924. The first-order valence-corrected chi connectivity index (χ1v) is 10.3. The maximum absolute atomic E-state index is 13.1. The van der Waals surface area contributed by atoms with E-state index in [1.54, 1.807) is 35.0 Å². The zero-order valence-corrected chi connectivity index (χ0v) is 18.0. The highest BCUT2D eigenvalue weighted by Gasteiger charge is 2.27. The predicted molar refractivity (Wildman–Crippen MR) is 113 cm³/mol. The molecule has 6 nitrogen and oxygen atoms in total. The third kappa shape index (κ3) is 5.79. The average Bonchev–Trinajstić information content (AvgIpc) is 2.78. The minimum Gasteiger partial charge on any atom is -0.434 e. The number of para-hydroxylation sites is 1. The summed E-state index contributed by atoms with van der Waals surface area (Å²) in [6.07, 6.45) is 0. The SMILES string of the molecule is CC(c1ccc(F)cc1)N(C)C(=O)CN1CCN(C(=O)c2ccccc2OC(F)F)CC1. The van der Waals surface area contributed by atoms with Crippen LogP contribution in [0.2, 0.25) is 0 Å². The Morgan fingerprint density at radius 2 is 1.66 bits per heavy atom. The van der Waals surface area contributed by atoms with Crippen LogP contribution in [0.25, 0.3) is 0 Å². The highest BCUT2D eigenvalue weighted by molar-refractivity contribution is 5.97. The number of benzene rings is 2. The molecule has 0 radical (unpaired) electrons. The zero-order valence-electron chi connectivity index (χ0n) is 18.0. The molecule has 0 aliphatic carbocycles. The minimum absolute atomic E-state index is 0.0859. The van der Waals surface area contributed by atoms with Crippen molar-refractivity contribution in [3.05, 3.63) is 65.5 Å². The highest BCUT2D eigenvalue weighted by atomic mass is 19.3. The molecule has 0 spiro atoms. The Labute approximate surface area is 185 Å². The van der Waals surface area contributed by atoms with Gasteiger partial charge in [0.1, 0.15) is 11.6 Å². The molecular weight excluding hydrogens is 423 g/mol. The van der Waals surface area contributed by atoms with Crippen molar-refractivity contribution in [1.82, 2.24) is 14.7 Å². The second-order valence-corrected chi connectivity index (χ2v) is 7.68. The third-order valence-electron chi connectivity index (χ3n) is 5.68. The van der Waals surface area contributed by atoms with Crippen molar-refractivity contribution >= 4 is 11.8 Å². The van der Waals surface area contributed by atoms with E-state index >= 15 is 0 Å². The number of halogens is 3. The molecule has 1 fully saturated rings. The Balaban J connectivity index is 1.54. The van der Waals surface area contributed by atoms with E-state index in [-0.39, 0.29) is 41.5 Å². The van der Waals surface area contributed by atoms with Gasteiger partial charge >= 0.3 is 6.61 Å². The van der Waals surface area contributed by atoms with Crippen LogP contribution in [0.4, 0.5) is 13.2 Å². The van der Waals surface area contributed by atoms with Crippen molar-refractivity contribution in [2.75, 3.05) is 39.8 Å². The lowest BCUT2D eigenvalue weighted by Gasteiger charge is -2.36. The van der Waals surface area contributed by atoms with E-state index in [0.29, 0.717) is 26.2 Å². The summed E-state index contributed by atoms with van der Waals surface area (Å²) in [7, 11) is 1.70. The Hall–Kier alpha value is -3.07. The van der Waals surface area contributed by atoms with Gasteiger partial charge in [-0.25, -0.2) is 4.39 Å². The molecule has 0 aromatic heterocycles. The number of rotatable bonds is 7. The molecule has 0 N–H and O–H groups in total. The monoisotopic (exact) mass is 449 g/mol. The summed E-state index contributed by atoms with van der Waals surface area (Å²) in [5, 5.41) is 0. The molecule has 1 unspecified atom stereocenters. The molecule has 32 heavy (non-hydrogen) atoms. The van der Waals surface area contributed by atoms with Gasteiger partial charge in [0.2, 0.25) is 5.91 Å². The summed E-state index contributed by atoms with van der Waals surface area (Å²) in [5.74, 6) is -0.946. The van der Waals surface area contributed by atoms with Gasteiger partial charge in [-0.3, -0.25) is 14.5 Å². The number of ether oxygens (including phenoxy) is 1. The number of piperazine rings is 1. The van der Waals surface area contributed by atoms with Gasteiger partial charge in [-0.1, -0.05) is 24.3 Å². The van der Waals surface area contributed by atoms with Gasteiger partial charge in [0.05, 0.1) is 18.2 Å². The molecule has 1 atom stereocenters. The molecule has 0 bridgehead atoms. The molecule has 3 rings (SSSR count). The van der Waals surface area contributed by atoms with E-state index in [1.165, 1.54) is 30.3 Å². The maximum atomic E-state index is 13.1. The molecule has 1 aliphatic rings. The van der Waals surface area contributed by atoms with E-state index < -0.39 is 6.61 Å². The number of alkyl halides is 2. The van der Waals surface area contributed by atoms with Crippen LogP contribution < -0.4 is 4.74 Å². The summed E-state index contributed by atoms with van der Waals surface area (Å²) in [6.45, 7) is 0.748. The van der Waals surface area contributed by atoms with Crippen molar-refractivity contribution in [3.63, 3.8) is 0 Å². The van der Waals surface area contributed by atoms with Crippen molar-refractivity contribution in [3.8, 4) is 5.75 Å². The second-order valence-electron chi connectivity index (χ2n) is 7.68. The Bertz CT molecular complexity index is 932. The molecule has 2 aromatic carbocycles. The highest BCUT2D eigenvalue weighted by Crippen LogP contribution is 2.23. The fourth-order valence-electron chi connectivity index (χ4n) is 3.61. The first kappa shape index (κ1) is 23.6. The fourth-order valence-corrected chi connectivity index (χ4v) is 3.61. The van der Waals surface area contributed by atoms with Gasteiger partial charge in [0, 0.05) is 33.2 Å². The lowest BCUT2D eigenvalue weighted by atomic mass is 10.1. The minimum atomic E-state index is -3.01. The molecule has 1 saturated heterocycles.